The van der Waals surface area contributed by atoms with Gasteiger partial charge in [-0.1, -0.05) is 53.6 Å². The Hall–Kier alpha value is -3.87. The van der Waals surface area contributed by atoms with E-state index in [9.17, 15) is 24.3 Å². The van der Waals surface area contributed by atoms with Crippen LogP contribution in [0.25, 0.3) is 0 Å². The summed E-state index contributed by atoms with van der Waals surface area (Å²) < 4.78 is 81.3. The third-order valence-electron chi connectivity index (χ3n) is 16.0. The van der Waals surface area contributed by atoms with Crippen LogP contribution >= 0.6 is 0 Å². The number of carbonyl (C=O) groups excluding carboxylic acids is 6. The number of nitrogens with zero attached hydrogens (tertiary/aromatic N) is 1. The van der Waals surface area contributed by atoms with Gasteiger partial charge >= 0.3 is 29.8 Å². The zero-order valence-corrected chi connectivity index (χ0v) is 48.5. The van der Waals surface area contributed by atoms with Crippen LogP contribution in [0.4, 0.5) is 0 Å². The van der Waals surface area contributed by atoms with E-state index in [2.05, 4.69) is 5.16 Å². The van der Waals surface area contributed by atoms with Crippen molar-refractivity contribution < 1.29 is 100 Å². The Labute approximate surface area is 454 Å². The minimum atomic E-state index is -2.10. The topological polar surface area (TPSA) is 264 Å². The highest BCUT2D eigenvalue weighted by Crippen LogP contribution is 2.46. The monoisotopic (exact) mass is 1100 g/mol. The van der Waals surface area contributed by atoms with Crippen molar-refractivity contribution in [3.05, 3.63) is 0 Å². The number of methoxy groups -OCH3 is 2. The maximum atomic E-state index is 15.4. The summed E-state index contributed by atoms with van der Waals surface area (Å²) >= 11 is 0. The second-order valence-electron chi connectivity index (χ2n) is 23.2. The fourth-order valence-corrected chi connectivity index (χ4v) is 12.2. The lowest BCUT2D eigenvalue weighted by Gasteiger charge is -2.46. The van der Waals surface area contributed by atoms with Gasteiger partial charge in [0, 0.05) is 71.0 Å². The number of ether oxygens (including phenoxy) is 13. The Bertz CT molecular complexity index is 2070. The first-order valence-corrected chi connectivity index (χ1v) is 27.2. The lowest BCUT2D eigenvalue weighted by atomic mass is 9.74. The molecule has 23 atom stereocenters. The highest BCUT2D eigenvalue weighted by atomic mass is 16.7. The SMILES string of the molecule is CON=C1C[C@@H](C)O[C@@H](O[C@@H]2[C@@H](C)[C@H](O[C@H]3C[C@@]4(C)OC(=O)C[C@H]4[C@H](C)O3)[C@@H](C)C(=O)O[C@H]([C@@H](C)CO[C@@H]3O[C@H](C)[C@@H](OC(C)=O)[C@@H](OC)[C@H]3OC)[C@H](C)[C@@H](OC(=O)CC(C)C)[C@@H](C)C(=O)[C@@](C)(O)C[C@@H]2C)[C@@H]1OC(C)=O. The van der Waals surface area contributed by atoms with Crippen LogP contribution in [0.3, 0.4) is 0 Å². The van der Waals surface area contributed by atoms with Crippen molar-refractivity contribution in [1.29, 1.82) is 0 Å². The van der Waals surface area contributed by atoms with Gasteiger partial charge in [-0.05, 0) is 59.8 Å². The first kappa shape index (κ1) is 64.0. The first-order chi connectivity index (χ1) is 36.0. The summed E-state index contributed by atoms with van der Waals surface area (Å²) in [5.41, 5.74) is -2.73. The van der Waals surface area contributed by atoms with Crippen LogP contribution in [-0.4, -0.2) is 172 Å². The second-order valence-corrected chi connectivity index (χ2v) is 23.2. The van der Waals surface area contributed by atoms with E-state index in [1.54, 1.807) is 55.4 Å². The molecule has 0 aromatic carbocycles. The summed E-state index contributed by atoms with van der Waals surface area (Å²) in [7, 11) is 4.25. The van der Waals surface area contributed by atoms with Crippen LogP contribution in [0.2, 0.25) is 0 Å². The van der Waals surface area contributed by atoms with E-state index in [0.29, 0.717) is 5.71 Å². The zero-order chi connectivity index (χ0) is 57.6. The number of aliphatic hydroxyl groups is 1. The van der Waals surface area contributed by atoms with Crippen molar-refractivity contribution in [1.82, 2.24) is 0 Å². The van der Waals surface area contributed by atoms with Crippen LogP contribution in [0, 0.1) is 47.3 Å². The Morgan fingerprint density at radius 1 is 0.714 bits per heavy atom. The molecule has 440 valence electrons. The molecule has 0 amide bonds. The van der Waals surface area contributed by atoms with E-state index < -0.39 is 162 Å². The van der Waals surface area contributed by atoms with Crippen molar-refractivity contribution >= 4 is 41.3 Å². The van der Waals surface area contributed by atoms with Crippen LogP contribution in [0.15, 0.2) is 5.16 Å². The molecule has 0 aromatic rings. The smallest absolute Gasteiger partial charge is 0.311 e. The normalized spacial score (nSPS) is 42.3. The summed E-state index contributed by atoms with van der Waals surface area (Å²) in [5.74, 6) is -9.54. The Kier molecular flexibility index (Phi) is 22.5. The number of carbonyl (C=O) groups is 6. The Morgan fingerprint density at radius 3 is 1.96 bits per heavy atom. The average Bonchev–Trinajstić information content (AvgIpc) is 3.65. The van der Waals surface area contributed by atoms with E-state index in [4.69, 9.17) is 66.4 Å². The van der Waals surface area contributed by atoms with Crippen LogP contribution < -0.4 is 0 Å². The van der Waals surface area contributed by atoms with Crippen molar-refractivity contribution in [2.24, 2.45) is 52.5 Å². The van der Waals surface area contributed by atoms with Crippen molar-refractivity contribution in [3.63, 3.8) is 0 Å². The van der Waals surface area contributed by atoms with Crippen LogP contribution in [-0.2, 0) is 95.2 Å². The molecule has 0 spiro atoms. The average molecular weight is 1100 g/mol. The first-order valence-electron chi connectivity index (χ1n) is 27.2. The molecule has 5 fully saturated rings. The summed E-state index contributed by atoms with van der Waals surface area (Å²) in [6.07, 6.45) is -13.2. The molecule has 22 nitrogen and oxygen atoms in total. The predicted octanol–water partition coefficient (Wildman–Crippen LogP) is 5.42. The number of fused-ring (bicyclic) bond motifs is 1. The highest BCUT2D eigenvalue weighted by molar-refractivity contribution is 5.91. The van der Waals surface area contributed by atoms with Gasteiger partial charge in [0.15, 0.2) is 30.6 Å². The number of Topliss-reactive ketones (excluding diaryl/α,β-unsaturated/α-hetero) is 1. The molecule has 0 aliphatic carbocycles. The summed E-state index contributed by atoms with van der Waals surface area (Å²) in [4.78, 5) is 86.9. The number of esters is 5. The fourth-order valence-electron chi connectivity index (χ4n) is 12.2. The van der Waals surface area contributed by atoms with Gasteiger partial charge in [-0.3, -0.25) is 28.8 Å². The predicted molar refractivity (Wildman–Crippen MR) is 272 cm³/mol. The minimum Gasteiger partial charge on any atom is -0.461 e. The molecule has 0 unspecified atom stereocenters. The van der Waals surface area contributed by atoms with Gasteiger partial charge in [-0.2, -0.15) is 0 Å². The molecule has 5 aliphatic heterocycles. The number of rotatable bonds is 16. The highest BCUT2D eigenvalue weighted by Gasteiger charge is 2.56. The van der Waals surface area contributed by atoms with E-state index in [-0.39, 0.29) is 56.5 Å². The van der Waals surface area contributed by atoms with Gasteiger partial charge in [0.25, 0.3) is 0 Å². The van der Waals surface area contributed by atoms with Crippen molar-refractivity contribution in [2.45, 2.75) is 233 Å². The molecule has 22 heteroatoms. The summed E-state index contributed by atoms with van der Waals surface area (Å²) in [6, 6.07) is 0. The molecule has 0 bridgehead atoms. The van der Waals surface area contributed by atoms with E-state index in [0.717, 1.165) is 0 Å². The molecule has 5 saturated heterocycles. The van der Waals surface area contributed by atoms with Gasteiger partial charge < -0.3 is 71.5 Å². The molecule has 77 heavy (non-hydrogen) atoms. The van der Waals surface area contributed by atoms with Gasteiger partial charge in [0.05, 0.1) is 55.4 Å². The molecule has 0 aromatic heterocycles. The number of ketones is 1. The zero-order valence-electron chi connectivity index (χ0n) is 48.5. The molecule has 5 rings (SSSR count). The van der Waals surface area contributed by atoms with E-state index in [1.165, 1.54) is 42.1 Å². The largest absolute Gasteiger partial charge is 0.461 e. The maximum Gasteiger partial charge on any atom is 0.311 e. The maximum absolute atomic E-state index is 15.4. The standard InChI is InChI=1S/C55H89NO21/c1-25(2)19-39(59)73-44-30(7)43(27(4)24-67-52-49(65-17)48(64-16)46(34(11)70-52)71-35(12)57)75-51(62)32(9)45(74-41-23-55(15)37(33(10)69-41)21-40(60)77-55)29(6)42(26(3)22-54(14,63)50(61)31(44)8)76-53-47(72-36(13)58)38(56-66-18)20-28(5)68-53/h25-34,37,41-49,52-53,63H,19-24H2,1-18H3/t26-,27-,28+,29+,30-,31+,32+,33-,34+,37-,41-,42-,43+,44+,45-,46+,47+,48+,49+,52+,53-,54-,55+/m0/s1. The Morgan fingerprint density at radius 2 is 1.36 bits per heavy atom. The minimum absolute atomic E-state index is 0.00604. The lowest BCUT2D eigenvalue weighted by Crippen LogP contribution is -2.60. The van der Waals surface area contributed by atoms with Gasteiger partial charge in [0.2, 0.25) is 6.29 Å². The number of hydrogen-bond donors (Lipinski definition) is 1. The van der Waals surface area contributed by atoms with Gasteiger partial charge in [-0.15, -0.1) is 0 Å². The summed E-state index contributed by atoms with van der Waals surface area (Å²) in [6.45, 7) is 24.9. The van der Waals surface area contributed by atoms with Gasteiger partial charge in [0.1, 0.15) is 48.4 Å². The molecule has 0 saturated carbocycles. The molecule has 5 heterocycles. The summed E-state index contributed by atoms with van der Waals surface area (Å²) in [5, 5.41) is 16.7. The van der Waals surface area contributed by atoms with Gasteiger partial charge in [-0.25, -0.2) is 0 Å². The molecule has 1 N–H and O–H groups in total. The third-order valence-corrected chi connectivity index (χ3v) is 16.0. The van der Waals surface area contributed by atoms with E-state index >= 15 is 9.59 Å². The fraction of sp³-hybridized carbons (Fsp3) is 0.873. The third kappa shape index (κ3) is 15.5. The number of hydrogen-bond acceptors (Lipinski definition) is 22. The van der Waals surface area contributed by atoms with Crippen molar-refractivity contribution in [3.8, 4) is 0 Å². The molecule has 5 aliphatic rings. The number of cyclic esters (lactones) is 1. The van der Waals surface area contributed by atoms with Crippen LogP contribution in [0.5, 0.6) is 0 Å². The number of oxime groups is 1. The quantitative estimate of drug-likeness (QED) is 0.115. The molecule has 0 radical (unpaired) electrons. The van der Waals surface area contributed by atoms with Crippen LogP contribution in [0.1, 0.15) is 136 Å². The molecular formula is C55H89NO21. The second kappa shape index (κ2) is 27.1. The lowest BCUT2D eigenvalue weighted by molar-refractivity contribution is -0.307. The molecular weight excluding hydrogens is 1010 g/mol. The van der Waals surface area contributed by atoms with E-state index in [1.807, 2.05) is 27.7 Å². The van der Waals surface area contributed by atoms with Crippen molar-refractivity contribution in [2.75, 3.05) is 27.9 Å². The Balaban J connectivity index is 1.64.